The number of carboxylic acids is 1. The second-order valence-electron chi connectivity index (χ2n) is 3.59. The summed E-state index contributed by atoms with van der Waals surface area (Å²) in [5, 5.41) is 11.2. The second-order valence-corrected chi connectivity index (χ2v) is 3.59. The number of hydrogen-bond donors (Lipinski definition) is 4. The van der Waals surface area contributed by atoms with Crippen molar-refractivity contribution in [3.63, 3.8) is 0 Å². The monoisotopic (exact) mass is 256 g/mol. The summed E-state index contributed by atoms with van der Waals surface area (Å²) in [5.41, 5.74) is 5.85. The van der Waals surface area contributed by atoms with Crippen molar-refractivity contribution in [2.75, 3.05) is 13.2 Å². The summed E-state index contributed by atoms with van der Waals surface area (Å²) in [7, 11) is 0. The van der Waals surface area contributed by atoms with Crippen molar-refractivity contribution in [2.24, 2.45) is 5.73 Å². The van der Waals surface area contributed by atoms with Crippen molar-refractivity contribution in [1.82, 2.24) is 15.3 Å². The molecule has 1 rings (SSSR count). The molecule has 0 radical (unpaired) electrons. The molecule has 0 saturated heterocycles. The van der Waals surface area contributed by atoms with Gasteiger partial charge in [-0.2, -0.15) is 0 Å². The highest BCUT2D eigenvalue weighted by Crippen LogP contribution is 1.99. The molecule has 1 heterocycles. The fraction of sp³-hybridized carbons (Fsp3) is 0.500. The molecule has 5 N–H and O–H groups in total. The van der Waals surface area contributed by atoms with Gasteiger partial charge in [-0.1, -0.05) is 0 Å². The van der Waals surface area contributed by atoms with Crippen molar-refractivity contribution in [3.05, 3.63) is 18.2 Å². The van der Waals surface area contributed by atoms with Gasteiger partial charge in [0.25, 0.3) is 0 Å². The van der Waals surface area contributed by atoms with Crippen LogP contribution in [0.4, 0.5) is 4.79 Å². The second kappa shape index (κ2) is 7.28. The van der Waals surface area contributed by atoms with Crippen LogP contribution in [-0.2, 0) is 16.0 Å². The Labute approximate surface area is 104 Å². The number of aromatic amines is 1. The Morgan fingerprint density at radius 3 is 2.94 bits per heavy atom. The van der Waals surface area contributed by atoms with Crippen LogP contribution < -0.4 is 11.1 Å². The van der Waals surface area contributed by atoms with E-state index < -0.39 is 18.1 Å². The van der Waals surface area contributed by atoms with Crippen LogP contribution in [-0.4, -0.2) is 46.3 Å². The van der Waals surface area contributed by atoms with Gasteiger partial charge in [0.05, 0.1) is 12.9 Å². The quantitative estimate of drug-likeness (QED) is 0.485. The number of carbonyl (C=O) groups excluding carboxylic acids is 1. The first-order valence-electron chi connectivity index (χ1n) is 5.47. The molecule has 0 fully saturated rings. The minimum Gasteiger partial charge on any atom is -0.480 e. The van der Waals surface area contributed by atoms with Gasteiger partial charge in [0.15, 0.2) is 0 Å². The maximum Gasteiger partial charge on any atom is 0.407 e. The molecule has 0 spiro atoms. The third-order valence-corrected chi connectivity index (χ3v) is 2.15. The summed E-state index contributed by atoms with van der Waals surface area (Å²) in [5.74, 6) is -1.14. The molecule has 100 valence electrons. The van der Waals surface area contributed by atoms with Gasteiger partial charge in [0.2, 0.25) is 0 Å². The third-order valence-electron chi connectivity index (χ3n) is 2.15. The number of imidazole rings is 1. The number of aliphatic carboxylic acids is 1. The fourth-order valence-electron chi connectivity index (χ4n) is 1.25. The normalized spacial score (nSPS) is 11.8. The molecule has 0 aliphatic heterocycles. The van der Waals surface area contributed by atoms with Crippen molar-refractivity contribution in [1.29, 1.82) is 0 Å². The highest BCUT2D eigenvalue weighted by atomic mass is 16.5. The molecule has 1 aromatic rings. The molecule has 8 nitrogen and oxygen atoms in total. The first kappa shape index (κ1) is 14.0. The van der Waals surface area contributed by atoms with Crippen molar-refractivity contribution >= 4 is 12.1 Å². The zero-order valence-electron chi connectivity index (χ0n) is 9.76. The molecule has 18 heavy (non-hydrogen) atoms. The van der Waals surface area contributed by atoms with Crippen LogP contribution >= 0.6 is 0 Å². The lowest BCUT2D eigenvalue weighted by Crippen LogP contribution is -2.42. The van der Waals surface area contributed by atoms with Gasteiger partial charge >= 0.3 is 12.1 Å². The highest BCUT2D eigenvalue weighted by molar-refractivity contribution is 5.80. The number of carboxylic acid groups (broad SMARTS) is 1. The molecular weight excluding hydrogens is 240 g/mol. The van der Waals surface area contributed by atoms with E-state index in [0.717, 1.165) is 0 Å². The summed E-state index contributed by atoms with van der Waals surface area (Å²) < 4.78 is 4.76. The molecule has 0 aliphatic carbocycles. The first-order valence-corrected chi connectivity index (χ1v) is 5.47. The molecule has 8 heteroatoms. The molecule has 1 aromatic heterocycles. The van der Waals surface area contributed by atoms with E-state index in [-0.39, 0.29) is 13.0 Å². The average Bonchev–Trinajstić information content (AvgIpc) is 2.81. The van der Waals surface area contributed by atoms with Gasteiger partial charge in [-0.25, -0.2) is 14.6 Å². The lowest BCUT2D eigenvalue weighted by Gasteiger charge is -2.13. The Balaban J connectivity index is 2.42. The summed E-state index contributed by atoms with van der Waals surface area (Å²) in [6, 6.07) is -1.06. The zero-order chi connectivity index (χ0) is 13.4. The molecule has 0 aromatic carbocycles. The molecule has 1 amide bonds. The summed E-state index contributed by atoms with van der Waals surface area (Å²) in [6.07, 6.45) is 2.81. The third kappa shape index (κ3) is 4.83. The predicted molar refractivity (Wildman–Crippen MR) is 61.9 cm³/mol. The largest absolute Gasteiger partial charge is 0.480 e. The highest BCUT2D eigenvalue weighted by Gasteiger charge is 2.21. The van der Waals surface area contributed by atoms with E-state index in [1.165, 1.54) is 12.5 Å². The van der Waals surface area contributed by atoms with Crippen LogP contribution in [0.25, 0.3) is 0 Å². The van der Waals surface area contributed by atoms with Crippen LogP contribution in [0.3, 0.4) is 0 Å². The zero-order valence-corrected chi connectivity index (χ0v) is 9.76. The van der Waals surface area contributed by atoms with Crippen LogP contribution in [0.5, 0.6) is 0 Å². The van der Waals surface area contributed by atoms with Crippen LogP contribution in [0.2, 0.25) is 0 Å². The van der Waals surface area contributed by atoms with Crippen LogP contribution in [0.15, 0.2) is 12.5 Å². The number of nitrogens with two attached hydrogens (primary N) is 1. The van der Waals surface area contributed by atoms with Gasteiger partial charge in [0, 0.05) is 18.3 Å². The SMILES string of the molecule is NCCCOC(=O)N[C@@H](Cc1cnc[nH]1)C(=O)O. The van der Waals surface area contributed by atoms with E-state index in [9.17, 15) is 9.59 Å². The lowest BCUT2D eigenvalue weighted by atomic mass is 10.2. The fourth-order valence-corrected chi connectivity index (χ4v) is 1.25. The van der Waals surface area contributed by atoms with E-state index in [1.807, 2.05) is 0 Å². The number of alkyl carbamates (subject to hydrolysis) is 1. The van der Waals surface area contributed by atoms with Crippen molar-refractivity contribution in [2.45, 2.75) is 18.9 Å². The van der Waals surface area contributed by atoms with Gasteiger partial charge in [-0.05, 0) is 13.0 Å². The number of hydrogen-bond acceptors (Lipinski definition) is 5. The van der Waals surface area contributed by atoms with E-state index in [0.29, 0.717) is 18.7 Å². The van der Waals surface area contributed by atoms with E-state index in [2.05, 4.69) is 15.3 Å². The summed E-state index contributed by atoms with van der Waals surface area (Å²) in [6.45, 7) is 0.572. The summed E-state index contributed by atoms with van der Waals surface area (Å²) >= 11 is 0. The number of rotatable bonds is 7. The van der Waals surface area contributed by atoms with Gasteiger partial charge in [0.1, 0.15) is 6.04 Å². The number of ether oxygens (including phenoxy) is 1. The average molecular weight is 256 g/mol. The minimum atomic E-state index is -1.14. The van der Waals surface area contributed by atoms with E-state index in [4.69, 9.17) is 15.6 Å². The predicted octanol–water partition coefficient (Wildman–Crippen LogP) is -0.520. The summed E-state index contributed by atoms with van der Waals surface area (Å²) in [4.78, 5) is 28.8. The lowest BCUT2D eigenvalue weighted by molar-refractivity contribution is -0.139. The first-order chi connectivity index (χ1) is 8.63. The molecule has 1 atom stereocenters. The maximum absolute atomic E-state index is 11.3. The number of nitrogens with zero attached hydrogens (tertiary/aromatic N) is 1. The van der Waals surface area contributed by atoms with Crippen molar-refractivity contribution in [3.8, 4) is 0 Å². The van der Waals surface area contributed by atoms with Gasteiger partial charge < -0.3 is 25.9 Å². The molecule has 0 saturated carbocycles. The molecule has 0 bridgehead atoms. The topological polar surface area (TPSA) is 130 Å². The van der Waals surface area contributed by atoms with E-state index in [1.54, 1.807) is 0 Å². The van der Waals surface area contributed by atoms with Crippen LogP contribution in [0.1, 0.15) is 12.1 Å². The minimum absolute atomic E-state index is 0.112. The maximum atomic E-state index is 11.3. The Hall–Kier alpha value is -2.09. The molecule has 0 aliphatic rings. The van der Waals surface area contributed by atoms with Gasteiger partial charge in [-0.3, -0.25) is 0 Å². The van der Waals surface area contributed by atoms with Crippen LogP contribution in [0, 0.1) is 0 Å². The Morgan fingerprint density at radius 2 is 2.39 bits per heavy atom. The number of nitrogens with one attached hydrogen (secondary N) is 2. The number of amides is 1. The smallest absolute Gasteiger partial charge is 0.407 e. The Kier molecular flexibility index (Phi) is 5.65. The van der Waals surface area contributed by atoms with Gasteiger partial charge in [-0.15, -0.1) is 0 Å². The number of H-pyrrole nitrogens is 1. The number of aromatic nitrogens is 2. The van der Waals surface area contributed by atoms with Crippen molar-refractivity contribution < 1.29 is 19.4 Å². The molecule has 0 unspecified atom stereocenters. The Morgan fingerprint density at radius 1 is 1.61 bits per heavy atom. The standard InChI is InChI=1S/C10H16N4O4/c11-2-1-3-18-10(17)14-8(9(15)16)4-7-5-12-6-13-7/h5-6,8H,1-4,11H2,(H,12,13)(H,14,17)(H,15,16)/t8-/m0/s1. The Bertz CT molecular complexity index is 379. The number of carbonyl (C=O) groups is 2. The van der Waals surface area contributed by atoms with E-state index >= 15 is 0 Å². The molecular formula is C10H16N4O4.